The van der Waals surface area contributed by atoms with Crippen LogP contribution < -0.4 is 0 Å². The summed E-state index contributed by atoms with van der Waals surface area (Å²) in [7, 11) is 0. The molecule has 0 unspecified atom stereocenters. The molecule has 0 aromatic rings. The van der Waals surface area contributed by atoms with Gasteiger partial charge in [-0.15, -0.1) is 0 Å². The van der Waals surface area contributed by atoms with Crippen LogP contribution in [0.15, 0.2) is 0 Å². The molecule has 0 aromatic carbocycles. The molecule has 0 heterocycles. The van der Waals surface area contributed by atoms with E-state index in [0.29, 0.717) is 0 Å². The topological polar surface area (TPSA) is 4.36 Å². The van der Waals surface area contributed by atoms with Crippen molar-refractivity contribution in [3.8, 4) is 0 Å². The first-order valence-electron chi connectivity index (χ1n) is 4.40. The first-order valence-corrected chi connectivity index (χ1v) is 4.40. The summed E-state index contributed by atoms with van der Waals surface area (Å²) >= 11 is 0. The van der Waals surface area contributed by atoms with Crippen molar-refractivity contribution in [1.82, 2.24) is 0 Å². The van der Waals surface area contributed by atoms with Crippen molar-refractivity contribution < 1.29 is 0 Å². The summed E-state index contributed by atoms with van der Waals surface area (Å²) in [4.78, 5) is 3.84. The van der Waals surface area contributed by atoms with E-state index < -0.39 is 0 Å². The molecule has 1 aliphatic carbocycles. The average Bonchev–Trinajstić information content (AvgIpc) is 2.33. The van der Waals surface area contributed by atoms with Gasteiger partial charge in [-0.2, -0.15) is 0 Å². The Kier molecular flexibility index (Phi) is 1.96. The van der Waals surface area contributed by atoms with Gasteiger partial charge in [0.25, 0.3) is 0 Å². The second kappa shape index (κ2) is 2.52. The lowest BCUT2D eigenvalue weighted by Gasteiger charge is -2.30. The number of nitrogens with zero attached hydrogens (tertiary/aromatic N) is 1. The Morgan fingerprint density at radius 3 is 1.82 bits per heavy atom. The van der Waals surface area contributed by atoms with Crippen LogP contribution in [0, 0.1) is 12.0 Å². The van der Waals surface area contributed by atoms with E-state index in [0.717, 1.165) is 12.8 Å². The highest BCUT2D eigenvalue weighted by molar-refractivity contribution is 5.09. The van der Waals surface area contributed by atoms with Crippen molar-refractivity contribution in [2.24, 2.45) is 5.41 Å². The fourth-order valence-electron chi connectivity index (χ4n) is 1.99. The van der Waals surface area contributed by atoms with Crippen molar-refractivity contribution in [3.63, 3.8) is 0 Å². The lowest BCUT2D eigenvalue weighted by molar-refractivity contribution is 0.237. The van der Waals surface area contributed by atoms with Gasteiger partial charge in [0.05, 0.1) is 0 Å². The molecule has 11 heavy (non-hydrogen) atoms. The van der Waals surface area contributed by atoms with Gasteiger partial charge in [0.1, 0.15) is 0 Å². The maximum Gasteiger partial charge on any atom is 0.237 e. The lowest BCUT2D eigenvalue weighted by atomic mass is 9.73. The zero-order chi connectivity index (χ0) is 8.54. The van der Waals surface area contributed by atoms with Crippen LogP contribution in [0.1, 0.15) is 46.5 Å². The van der Waals surface area contributed by atoms with Crippen LogP contribution in [-0.2, 0) is 0 Å². The van der Waals surface area contributed by atoms with E-state index in [4.69, 9.17) is 6.57 Å². The second-order valence-electron chi connectivity index (χ2n) is 4.60. The molecule has 1 saturated carbocycles. The summed E-state index contributed by atoms with van der Waals surface area (Å²) in [6.07, 6.45) is 4.72. The Bertz CT molecular complexity index is 174. The van der Waals surface area contributed by atoms with Crippen molar-refractivity contribution in [1.29, 1.82) is 0 Å². The highest BCUT2D eigenvalue weighted by Crippen LogP contribution is 2.46. The van der Waals surface area contributed by atoms with Crippen LogP contribution in [0.25, 0.3) is 4.85 Å². The first kappa shape index (κ1) is 8.59. The minimum atomic E-state index is -0.0347. The monoisotopic (exact) mass is 151 g/mol. The molecule has 1 nitrogen and oxygen atoms in total. The number of rotatable bonds is 0. The van der Waals surface area contributed by atoms with Gasteiger partial charge in [0.15, 0.2) is 0 Å². The van der Waals surface area contributed by atoms with Gasteiger partial charge in [-0.05, 0) is 12.8 Å². The molecule has 1 aliphatic rings. The quantitative estimate of drug-likeness (QED) is 0.468. The largest absolute Gasteiger partial charge is 0.310 e. The van der Waals surface area contributed by atoms with Crippen LogP contribution in [0.2, 0.25) is 0 Å². The molecule has 0 bridgehead atoms. The van der Waals surface area contributed by atoms with Gasteiger partial charge in [0, 0.05) is 18.3 Å². The normalized spacial score (nSPS) is 23.1. The molecule has 1 heteroatoms. The van der Waals surface area contributed by atoms with Crippen molar-refractivity contribution in [2.75, 3.05) is 0 Å². The molecule has 0 N–H and O–H groups in total. The van der Waals surface area contributed by atoms with E-state index >= 15 is 0 Å². The van der Waals surface area contributed by atoms with Crippen LogP contribution in [0.4, 0.5) is 0 Å². The maximum atomic E-state index is 7.23. The third-order valence-electron chi connectivity index (χ3n) is 3.04. The summed E-state index contributed by atoms with van der Waals surface area (Å²) in [6.45, 7) is 13.8. The van der Waals surface area contributed by atoms with E-state index in [1.165, 1.54) is 12.8 Å². The molecular weight excluding hydrogens is 134 g/mol. The molecule has 0 saturated heterocycles. The average molecular weight is 151 g/mol. The van der Waals surface area contributed by atoms with E-state index in [1.807, 2.05) is 0 Å². The Morgan fingerprint density at radius 1 is 1.18 bits per heavy atom. The molecule has 62 valence electrons. The number of hydrogen-bond donors (Lipinski definition) is 0. The first-order chi connectivity index (χ1) is 5.02. The van der Waals surface area contributed by atoms with Gasteiger partial charge in [-0.3, -0.25) is 0 Å². The van der Waals surface area contributed by atoms with Crippen molar-refractivity contribution in [2.45, 2.75) is 52.0 Å². The molecule has 0 aliphatic heterocycles. The summed E-state index contributed by atoms with van der Waals surface area (Å²) < 4.78 is 0. The molecule has 0 amide bonds. The molecule has 0 spiro atoms. The van der Waals surface area contributed by atoms with Crippen molar-refractivity contribution in [3.05, 3.63) is 11.4 Å². The van der Waals surface area contributed by atoms with Crippen LogP contribution >= 0.6 is 0 Å². The Hall–Kier alpha value is -0.510. The van der Waals surface area contributed by atoms with E-state index in [-0.39, 0.29) is 11.0 Å². The Balaban J connectivity index is 2.86. The minimum Gasteiger partial charge on any atom is -0.310 e. The Morgan fingerprint density at radius 2 is 1.64 bits per heavy atom. The Labute approximate surface area is 69.6 Å². The van der Waals surface area contributed by atoms with E-state index in [2.05, 4.69) is 25.6 Å². The molecular formula is C10H17N. The summed E-state index contributed by atoms with van der Waals surface area (Å²) in [5, 5.41) is 0. The highest BCUT2D eigenvalue weighted by Gasteiger charge is 2.50. The second-order valence-corrected chi connectivity index (χ2v) is 4.60. The fourth-order valence-corrected chi connectivity index (χ4v) is 1.99. The molecule has 1 fully saturated rings. The van der Waals surface area contributed by atoms with Gasteiger partial charge in [-0.25, -0.2) is 6.57 Å². The lowest BCUT2D eigenvalue weighted by Crippen LogP contribution is -2.36. The predicted octanol–water partition coefficient (Wildman–Crippen LogP) is 3.26. The number of hydrogen-bond acceptors (Lipinski definition) is 0. The maximum absolute atomic E-state index is 7.23. The van der Waals surface area contributed by atoms with Gasteiger partial charge < -0.3 is 4.85 Å². The summed E-state index contributed by atoms with van der Waals surface area (Å²) in [5.74, 6) is 0. The summed E-state index contributed by atoms with van der Waals surface area (Å²) in [5.41, 5.74) is 0.137. The van der Waals surface area contributed by atoms with Gasteiger partial charge in [0.2, 0.25) is 5.54 Å². The van der Waals surface area contributed by atoms with Gasteiger partial charge >= 0.3 is 0 Å². The molecule has 0 aromatic heterocycles. The van der Waals surface area contributed by atoms with Crippen LogP contribution in [0.5, 0.6) is 0 Å². The van der Waals surface area contributed by atoms with Crippen LogP contribution in [-0.4, -0.2) is 5.54 Å². The fraction of sp³-hybridized carbons (Fsp3) is 0.900. The SMILES string of the molecule is [C-]#[N+]C1(C(C)(C)C)CCCC1. The zero-order valence-electron chi connectivity index (χ0n) is 7.78. The third-order valence-corrected chi connectivity index (χ3v) is 3.04. The predicted molar refractivity (Wildman–Crippen MR) is 47.3 cm³/mol. The standard InChI is InChI=1S/C10H17N/c1-9(2,3)10(11-4)7-5-6-8-10/h5-8H2,1-3H3. The third kappa shape index (κ3) is 1.27. The molecule has 0 atom stereocenters. The van der Waals surface area contributed by atoms with Gasteiger partial charge in [-0.1, -0.05) is 20.8 Å². The molecule has 0 radical (unpaired) electrons. The van der Waals surface area contributed by atoms with E-state index in [9.17, 15) is 0 Å². The highest BCUT2D eigenvalue weighted by atomic mass is 14.8. The van der Waals surface area contributed by atoms with Crippen molar-refractivity contribution >= 4 is 0 Å². The zero-order valence-corrected chi connectivity index (χ0v) is 7.78. The minimum absolute atomic E-state index is 0.0347. The summed E-state index contributed by atoms with van der Waals surface area (Å²) in [6, 6.07) is 0. The van der Waals surface area contributed by atoms with Crippen LogP contribution in [0.3, 0.4) is 0 Å². The smallest absolute Gasteiger partial charge is 0.237 e. The molecule has 1 rings (SSSR count). The van der Waals surface area contributed by atoms with E-state index in [1.54, 1.807) is 0 Å².